The van der Waals surface area contributed by atoms with Gasteiger partial charge in [0.1, 0.15) is 17.4 Å². The molecule has 4 aromatic carbocycles. The van der Waals surface area contributed by atoms with Gasteiger partial charge >= 0.3 is 5.97 Å². The average molecular weight is 471 g/mol. The Kier molecular flexibility index (Phi) is 7.71. The number of rotatable bonds is 8. The molecule has 0 radical (unpaired) electrons. The SMILES string of the molecule is CCCc1ccc(OC(=O)c2ccc(-c3cc(F)c(C[C@H](C)c4ccccc4)c(F)c3)cc2)cc1. The van der Waals surface area contributed by atoms with Gasteiger partial charge in [0.25, 0.3) is 0 Å². The summed E-state index contributed by atoms with van der Waals surface area (Å²) in [5, 5.41) is 0. The molecule has 35 heavy (non-hydrogen) atoms. The summed E-state index contributed by atoms with van der Waals surface area (Å²) in [6.07, 6.45) is 2.30. The molecule has 0 bridgehead atoms. The summed E-state index contributed by atoms with van der Waals surface area (Å²) >= 11 is 0. The Hall–Kier alpha value is -3.79. The molecule has 0 heterocycles. The molecule has 0 aromatic heterocycles. The Morgan fingerprint density at radius 1 is 0.829 bits per heavy atom. The molecule has 2 nitrogen and oxygen atoms in total. The summed E-state index contributed by atoms with van der Waals surface area (Å²) in [5.74, 6) is -1.17. The lowest BCUT2D eigenvalue weighted by molar-refractivity contribution is 0.0734. The topological polar surface area (TPSA) is 26.3 Å². The number of halogens is 2. The third-order valence-electron chi connectivity index (χ3n) is 6.15. The quantitative estimate of drug-likeness (QED) is 0.192. The van der Waals surface area contributed by atoms with Crippen LogP contribution in [0, 0.1) is 11.6 Å². The number of ether oxygens (including phenoxy) is 1. The van der Waals surface area contributed by atoms with E-state index in [4.69, 9.17) is 4.74 Å². The van der Waals surface area contributed by atoms with Crippen LogP contribution in [-0.2, 0) is 12.8 Å². The van der Waals surface area contributed by atoms with E-state index in [-0.39, 0.29) is 17.9 Å². The summed E-state index contributed by atoms with van der Waals surface area (Å²) in [6.45, 7) is 4.07. The van der Waals surface area contributed by atoms with E-state index in [0.29, 0.717) is 22.4 Å². The van der Waals surface area contributed by atoms with E-state index in [9.17, 15) is 13.6 Å². The molecule has 0 N–H and O–H groups in total. The van der Waals surface area contributed by atoms with Crippen LogP contribution in [0.25, 0.3) is 11.1 Å². The van der Waals surface area contributed by atoms with Crippen molar-refractivity contribution in [3.8, 4) is 16.9 Å². The molecule has 0 amide bonds. The fourth-order valence-corrected chi connectivity index (χ4v) is 4.15. The molecule has 0 fully saturated rings. The van der Waals surface area contributed by atoms with Crippen molar-refractivity contribution in [3.63, 3.8) is 0 Å². The van der Waals surface area contributed by atoms with Crippen LogP contribution in [0.4, 0.5) is 8.78 Å². The van der Waals surface area contributed by atoms with E-state index in [0.717, 1.165) is 18.4 Å². The van der Waals surface area contributed by atoms with Crippen molar-refractivity contribution in [2.24, 2.45) is 0 Å². The van der Waals surface area contributed by atoms with E-state index in [1.807, 2.05) is 49.4 Å². The van der Waals surface area contributed by atoms with Gasteiger partial charge in [-0.25, -0.2) is 13.6 Å². The summed E-state index contributed by atoms with van der Waals surface area (Å²) in [6, 6.07) is 26.4. The highest BCUT2D eigenvalue weighted by atomic mass is 19.1. The summed E-state index contributed by atoms with van der Waals surface area (Å²) in [5.41, 5.74) is 3.70. The Bertz CT molecular complexity index is 1260. The molecule has 178 valence electrons. The van der Waals surface area contributed by atoms with Crippen molar-refractivity contribution in [1.82, 2.24) is 0 Å². The first-order chi connectivity index (χ1) is 16.9. The van der Waals surface area contributed by atoms with Crippen LogP contribution in [0.2, 0.25) is 0 Å². The van der Waals surface area contributed by atoms with Crippen molar-refractivity contribution < 1.29 is 18.3 Å². The highest BCUT2D eigenvalue weighted by molar-refractivity contribution is 5.91. The van der Waals surface area contributed by atoms with Crippen LogP contribution in [-0.4, -0.2) is 5.97 Å². The molecule has 4 aromatic rings. The second-order valence-electron chi connectivity index (χ2n) is 8.80. The zero-order chi connectivity index (χ0) is 24.8. The van der Waals surface area contributed by atoms with Crippen molar-refractivity contribution in [1.29, 1.82) is 0 Å². The molecular weight excluding hydrogens is 442 g/mol. The number of aryl methyl sites for hydroxylation is 1. The fourth-order valence-electron chi connectivity index (χ4n) is 4.15. The van der Waals surface area contributed by atoms with Gasteiger partial charge in [0, 0.05) is 5.56 Å². The number of hydrogen-bond donors (Lipinski definition) is 0. The monoisotopic (exact) mass is 470 g/mol. The number of carbonyl (C=O) groups is 1. The van der Waals surface area contributed by atoms with E-state index in [1.54, 1.807) is 36.4 Å². The maximum atomic E-state index is 14.9. The van der Waals surface area contributed by atoms with Crippen molar-refractivity contribution in [2.75, 3.05) is 0 Å². The van der Waals surface area contributed by atoms with Gasteiger partial charge in [-0.05, 0) is 77.4 Å². The molecular formula is C31H28F2O2. The normalized spacial score (nSPS) is 11.8. The summed E-state index contributed by atoms with van der Waals surface area (Å²) < 4.78 is 35.2. The minimum Gasteiger partial charge on any atom is -0.423 e. The lowest BCUT2D eigenvalue weighted by Gasteiger charge is -2.14. The largest absolute Gasteiger partial charge is 0.423 e. The number of hydrogen-bond acceptors (Lipinski definition) is 2. The first-order valence-corrected chi connectivity index (χ1v) is 11.9. The molecule has 0 spiro atoms. The van der Waals surface area contributed by atoms with Gasteiger partial charge < -0.3 is 4.74 Å². The van der Waals surface area contributed by atoms with Crippen molar-refractivity contribution in [3.05, 3.63) is 125 Å². The summed E-state index contributed by atoms with van der Waals surface area (Å²) in [4.78, 5) is 12.5. The minimum atomic E-state index is -0.571. The first kappa shape index (κ1) is 24.3. The third kappa shape index (κ3) is 6.02. The van der Waals surface area contributed by atoms with Gasteiger partial charge in [-0.1, -0.05) is 74.9 Å². The van der Waals surface area contributed by atoms with Crippen molar-refractivity contribution in [2.45, 2.75) is 39.0 Å². The highest BCUT2D eigenvalue weighted by Crippen LogP contribution is 2.29. The standard InChI is InChI=1S/C31H28F2O2/c1-3-7-22-10-16-27(17-11-22)35-31(34)25-14-12-24(13-15-25)26-19-29(32)28(30(33)20-26)18-21(2)23-8-5-4-6-9-23/h4-6,8-17,19-21H,3,7,18H2,1-2H3/t21-/m0/s1. The van der Waals surface area contributed by atoms with E-state index in [1.165, 1.54) is 17.7 Å². The molecule has 0 aliphatic heterocycles. The maximum absolute atomic E-state index is 14.9. The van der Waals surface area contributed by atoms with E-state index in [2.05, 4.69) is 6.92 Å². The molecule has 0 aliphatic carbocycles. The molecule has 0 saturated heterocycles. The molecule has 1 atom stereocenters. The van der Waals surface area contributed by atoms with E-state index < -0.39 is 17.6 Å². The fraction of sp³-hybridized carbons (Fsp3) is 0.194. The smallest absolute Gasteiger partial charge is 0.343 e. The Morgan fingerprint density at radius 3 is 2.06 bits per heavy atom. The number of esters is 1. The zero-order valence-electron chi connectivity index (χ0n) is 19.9. The number of benzene rings is 4. The predicted octanol–water partition coefficient (Wildman–Crippen LogP) is 8.15. The Labute approximate surface area is 205 Å². The molecule has 4 rings (SSSR count). The lowest BCUT2D eigenvalue weighted by atomic mass is 9.92. The lowest BCUT2D eigenvalue weighted by Crippen LogP contribution is -2.08. The van der Waals surface area contributed by atoms with Gasteiger partial charge in [0.05, 0.1) is 5.56 Å². The van der Waals surface area contributed by atoms with Gasteiger partial charge in [-0.2, -0.15) is 0 Å². The molecule has 0 unspecified atom stereocenters. The molecule has 0 aliphatic rings. The second kappa shape index (κ2) is 11.1. The van der Waals surface area contributed by atoms with Crippen LogP contribution in [0.1, 0.15) is 53.2 Å². The molecule has 0 saturated carbocycles. The van der Waals surface area contributed by atoms with Gasteiger partial charge in [0.15, 0.2) is 0 Å². The Balaban J connectivity index is 1.46. The first-order valence-electron chi connectivity index (χ1n) is 11.9. The van der Waals surface area contributed by atoms with Crippen LogP contribution >= 0.6 is 0 Å². The van der Waals surface area contributed by atoms with Crippen LogP contribution in [0.15, 0.2) is 91.0 Å². The summed E-state index contributed by atoms with van der Waals surface area (Å²) in [7, 11) is 0. The second-order valence-corrected chi connectivity index (χ2v) is 8.80. The van der Waals surface area contributed by atoms with Crippen LogP contribution in [0.5, 0.6) is 5.75 Å². The minimum absolute atomic E-state index is 0.0146. The van der Waals surface area contributed by atoms with Gasteiger partial charge in [0.2, 0.25) is 0 Å². The molecule has 4 heteroatoms. The zero-order valence-corrected chi connectivity index (χ0v) is 19.9. The number of carbonyl (C=O) groups excluding carboxylic acids is 1. The Morgan fingerprint density at radius 2 is 1.46 bits per heavy atom. The predicted molar refractivity (Wildman–Crippen MR) is 136 cm³/mol. The average Bonchev–Trinajstić information content (AvgIpc) is 2.88. The maximum Gasteiger partial charge on any atom is 0.343 e. The van der Waals surface area contributed by atoms with Crippen LogP contribution in [0.3, 0.4) is 0 Å². The van der Waals surface area contributed by atoms with Gasteiger partial charge in [-0.15, -0.1) is 0 Å². The highest BCUT2D eigenvalue weighted by Gasteiger charge is 2.17. The van der Waals surface area contributed by atoms with Crippen molar-refractivity contribution >= 4 is 5.97 Å². The third-order valence-corrected chi connectivity index (χ3v) is 6.15. The van der Waals surface area contributed by atoms with Gasteiger partial charge in [-0.3, -0.25) is 0 Å². The van der Waals surface area contributed by atoms with Crippen LogP contribution < -0.4 is 4.74 Å². The van der Waals surface area contributed by atoms with E-state index >= 15 is 0 Å².